The number of nitrogens with one attached hydrogen (secondary N) is 5. The van der Waals surface area contributed by atoms with Gasteiger partial charge in [0.15, 0.2) is 10.2 Å². The molecule has 0 atom stereocenters. The fraction of sp³-hybridized carbons (Fsp3) is 0.264. The Morgan fingerprint density at radius 1 is 0.569 bits per heavy atom. The zero-order valence-electron chi connectivity index (χ0n) is 40.8. The van der Waals surface area contributed by atoms with Crippen molar-refractivity contribution in [1.82, 2.24) is 30.1 Å². The van der Waals surface area contributed by atoms with Crippen LogP contribution in [-0.2, 0) is 38.5 Å². The number of ether oxygens (including phenoxy) is 3. The average Bonchev–Trinajstić information content (AvgIpc) is 4.23. The van der Waals surface area contributed by atoms with E-state index in [-0.39, 0.29) is 5.11 Å². The van der Waals surface area contributed by atoms with E-state index in [0.29, 0.717) is 45.1 Å². The van der Waals surface area contributed by atoms with E-state index >= 15 is 0 Å². The molecule has 0 saturated carbocycles. The van der Waals surface area contributed by atoms with Crippen LogP contribution in [0.2, 0.25) is 0 Å². The number of fused-ring (bicyclic) bond motifs is 3. The van der Waals surface area contributed by atoms with E-state index in [9.17, 15) is 0 Å². The SMILES string of the molecule is COc1cc(-c2ccc3c(c2NC(=S)N=C(C)N)CCC3)ccn1.COc1cc(-c2ccc3c(c2NC(C)=NC(N)=S)CCC3)ccn1.COc1cc(-c2ccc3c(c2Nc2nc(=S)[nH][nH]2)CCC3)ccn1. The summed E-state index contributed by atoms with van der Waals surface area (Å²) in [5.74, 6) is 3.50. The van der Waals surface area contributed by atoms with Crippen LogP contribution in [0.3, 0.4) is 0 Å². The number of aliphatic imine (C=N–C) groups is 2. The second-order valence-corrected chi connectivity index (χ2v) is 18.4. The van der Waals surface area contributed by atoms with Gasteiger partial charge in [-0.05, 0) is 177 Å². The molecule has 0 aliphatic heterocycles. The number of nitrogens with zero attached hydrogens (tertiary/aromatic N) is 6. The molecule has 19 heteroatoms. The number of benzene rings is 3. The van der Waals surface area contributed by atoms with Crippen molar-refractivity contribution >= 4 is 81.6 Å². The largest absolute Gasteiger partial charge is 0.481 e. The highest BCUT2D eigenvalue weighted by Crippen LogP contribution is 2.41. The molecule has 0 unspecified atom stereocenters. The molecule has 16 nitrogen and oxygen atoms in total. The third-order valence-corrected chi connectivity index (χ3v) is 12.9. The van der Waals surface area contributed by atoms with Crippen molar-refractivity contribution in [3.8, 4) is 51.0 Å². The van der Waals surface area contributed by atoms with Gasteiger partial charge in [-0.15, -0.1) is 0 Å². The summed E-state index contributed by atoms with van der Waals surface area (Å²) in [7, 11) is 4.85. The van der Waals surface area contributed by atoms with Gasteiger partial charge in [0, 0.05) is 53.5 Å². The molecule has 3 aliphatic carbocycles. The summed E-state index contributed by atoms with van der Waals surface area (Å²) in [5.41, 5.74) is 28.8. The molecular weight excluding hydrogens is 963 g/mol. The molecule has 4 aromatic heterocycles. The lowest BCUT2D eigenvalue weighted by molar-refractivity contribution is 0.398. The number of aryl methyl sites for hydroxylation is 3. The number of pyridine rings is 3. The van der Waals surface area contributed by atoms with Crippen LogP contribution in [-0.4, -0.2) is 73.4 Å². The zero-order chi connectivity index (χ0) is 50.7. The van der Waals surface area contributed by atoms with Gasteiger partial charge in [-0.2, -0.15) is 4.98 Å². The molecule has 7 aromatic rings. The summed E-state index contributed by atoms with van der Waals surface area (Å²) in [6.07, 6.45) is 15.2. The maximum absolute atomic E-state index is 5.64. The van der Waals surface area contributed by atoms with Gasteiger partial charge in [-0.1, -0.05) is 36.4 Å². The summed E-state index contributed by atoms with van der Waals surface area (Å²) in [4.78, 5) is 25.1. The van der Waals surface area contributed by atoms with E-state index in [2.05, 4.69) is 92.5 Å². The van der Waals surface area contributed by atoms with Gasteiger partial charge >= 0.3 is 0 Å². The Morgan fingerprint density at radius 2 is 1.00 bits per heavy atom. The van der Waals surface area contributed by atoms with Gasteiger partial charge in [0.25, 0.3) is 0 Å². The van der Waals surface area contributed by atoms with Crippen molar-refractivity contribution in [2.75, 3.05) is 37.3 Å². The fourth-order valence-electron chi connectivity index (χ4n) is 9.33. The monoisotopic (exact) mass is 1020 g/mol. The maximum atomic E-state index is 5.64. The third kappa shape index (κ3) is 12.3. The summed E-state index contributed by atoms with van der Waals surface area (Å²) in [6.45, 7) is 3.59. The summed E-state index contributed by atoms with van der Waals surface area (Å²) >= 11 is 15.2. The number of hydrogen-bond acceptors (Lipinski definition) is 11. The lowest BCUT2D eigenvalue weighted by atomic mass is 9.97. The van der Waals surface area contributed by atoms with E-state index in [1.54, 1.807) is 46.8 Å². The number of hydrogen-bond donors (Lipinski definition) is 7. The highest BCUT2D eigenvalue weighted by atomic mass is 32.1. The van der Waals surface area contributed by atoms with Gasteiger partial charge in [0.2, 0.25) is 28.4 Å². The van der Waals surface area contributed by atoms with Crippen molar-refractivity contribution in [3.05, 3.63) is 130 Å². The van der Waals surface area contributed by atoms with Gasteiger partial charge in [-0.3, -0.25) is 10.2 Å². The van der Waals surface area contributed by atoms with Crippen LogP contribution >= 0.6 is 36.7 Å². The standard InChI is InChI=1S/2C18H20N4OS.C17H17N5OS/c1-11(22-18(19)24)21-17-14-5-3-4-12(14)6-7-15(17)13-8-9-20-16(10-13)23-2;1-11(19)21-18(24)22-17-14-5-3-4-12(14)6-7-15(17)13-8-9-20-16(10-13)23-2;1-23-14-9-11(7-8-18-14)13-6-5-10-3-2-4-12(10)15(13)19-16-20-17(24)22-21-16/h2*6-10H,3-5H2,1-2H3,(H3,19,21,22,24);5-9H,2-4H2,1H3,(H3,19,20,21,22,24). The topological polar surface area (TPSA) is 224 Å². The van der Waals surface area contributed by atoms with Crippen LogP contribution in [0.15, 0.2) is 101 Å². The number of nitrogens with two attached hydrogens (primary N) is 2. The Bertz CT molecular complexity index is 3250. The van der Waals surface area contributed by atoms with Gasteiger partial charge in [0.05, 0.1) is 44.2 Å². The van der Waals surface area contributed by atoms with Gasteiger partial charge in [0.1, 0.15) is 5.84 Å². The molecule has 0 radical (unpaired) electrons. The molecule has 72 heavy (non-hydrogen) atoms. The number of H-pyrrole nitrogens is 2. The first kappa shape index (κ1) is 50.8. The molecule has 0 fully saturated rings. The Morgan fingerprint density at radius 3 is 1.40 bits per heavy atom. The molecule has 10 rings (SSSR count). The molecule has 370 valence electrons. The van der Waals surface area contributed by atoms with Crippen molar-refractivity contribution in [1.29, 1.82) is 0 Å². The van der Waals surface area contributed by atoms with Crippen LogP contribution in [0.5, 0.6) is 17.6 Å². The summed E-state index contributed by atoms with van der Waals surface area (Å²) < 4.78 is 16.2. The molecule has 4 heterocycles. The molecule has 0 bridgehead atoms. The van der Waals surface area contributed by atoms with E-state index in [4.69, 9.17) is 62.3 Å². The fourth-order valence-corrected chi connectivity index (χ4v) is 9.86. The Balaban J connectivity index is 0.000000144. The Labute approximate surface area is 434 Å². The Kier molecular flexibility index (Phi) is 16.6. The van der Waals surface area contributed by atoms with E-state index in [0.717, 1.165) is 95.4 Å². The third-order valence-electron chi connectivity index (χ3n) is 12.5. The first-order valence-electron chi connectivity index (χ1n) is 23.5. The molecule has 9 N–H and O–H groups in total. The van der Waals surface area contributed by atoms with E-state index in [1.807, 2.05) is 43.3 Å². The van der Waals surface area contributed by atoms with Gasteiger partial charge in [-0.25, -0.2) is 24.9 Å². The maximum Gasteiger partial charge on any atom is 0.222 e. The lowest BCUT2D eigenvalue weighted by Crippen LogP contribution is -2.15. The first-order valence-corrected chi connectivity index (χ1v) is 24.7. The highest BCUT2D eigenvalue weighted by Gasteiger charge is 2.23. The molecule has 3 aromatic carbocycles. The second kappa shape index (κ2) is 23.5. The number of amidine groups is 2. The van der Waals surface area contributed by atoms with Crippen LogP contribution in [0.4, 0.5) is 23.0 Å². The smallest absolute Gasteiger partial charge is 0.222 e. The number of methoxy groups -OCH3 is 3. The minimum atomic E-state index is 0.125. The highest BCUT2D eigenvalue weighted by molar-refractivity contribution is 7.80. The van der Waals surface area contributed by atoms with E-state index in [1.165, 1.54) is 46.2 Å². The quantitative estimate of drug-likeness (QED) is 0.0385. The second-order valence-electron chi connectivity index (χ2n) is 17.2. The normalized spacial score (nSPS) is 13.3. The molecular formula is C53H57N13O3S3. The first-order chi connectivity index (χ1) is 34.9. The van der Waals surface area contributed by atoms with Crippen molar-refractivity contribution < 1.29 is 14.2 Å². The number of aromatic amines is 2. The van der Waals surface area contributed by atoms with Crippen LogP contribution < -0.4 is 41.6 Å². The minimum absolute atomic E-state index is 0.125. The number of rotatable bonds is 10. The van der Waals surface area contributed by atoms with Crippen LogP contribution in [0.25, 0.3) is 33.4 Å². The van der Waals surface area contributed by atoms with E-state index < -0.39 is 0 Å². The van der Waals surface area contributed by atoms with Crippen molar-refractivity contribution in [2.24, 2.45) is 21.5 Å². The predicted octanol–water partition coefficient (Wildman–Crippen LogP) is 10.4. The molecule has 0 amide bonds. The summed E-state index contributed by atoms with van der Waals surface area (Å²) in [6, 6.07) is 24.7. The number of anilines is 4. The zero-order valence-corrected chi connectivity index (χ0v) is 43.3. The minimum Gasteiger partial charge on any atom is -0.481 e. The molecule has 0 saturated heterocycles. The molecule has 3 aliphatic rings. The number of thiocarbonyl (C=S) groups is 2. The van der Waals surface area contributed by atoms with Crippen LogP contribution in [0.1, 0.15) is 66.5 Å². The summed E-state index contributed by atoms with van der Waals surface area (Å²) in [5, 5.41) is 16.4. The number of aromatic nitrogens is 6. The van der Waals surface area contributed by atoms with Crippen molar-refractivity contribution in [3.63, 3.8) is 0 Å². The lowest BCUT2D eigenvalue weighted by Gasteiger charge is -2.17. The molecule has 0 spiro atoms. The van der Waals surface area contributed by atoms with Crippen molar-refractivity contribution in [2.45, 2.75) is 71.6 Å². The average molecular weight is 1020 g/mol. The predicted molar refractivity (Wildman–Crippen MR) is 299 cm³/mol. The Hall–Kier alpha value is -7.61. The van der Waals surface area contributed by atoms with Crippen LogP contribution in [0, 0.1) is 4.77 Å². The van der Waals surface area contributed by atoms with Gasteiger partial charge < -0.3 is 41.6 Å².